The van der Waals surface area contributed by atoms with Crippen molar-refractivity contribution in [2.24, 2.45) is 0 Å². The Morgan fingerprint density at radius 2 is 1.78 bits per heavy atom. The van der Waals surface area contributed by atoms with E-state index in [1.807, 2.05) is 13.8 Å². The predicted octanol–water partition coefficient (Wildman–Crippen LogP) is 2.20. The average molecular weight is 325 g/mol. The smallest absolute Gasteiger partial charge is 0.319 e. The van der Waals surface area contributed by atoms with E-state index in [0.29, 0.717) is 18.9 Å². The second-order valence-corrected chi connectivity index (χ2v) is 5.83. The number of halogens is 2. The number of aryl methyl sites for hydroxylation is 2. The molecular weight excluding hydrogens is 304 g/mol. The van der Waals surface area contributed by atoms with Crippen molar-refractivity contribution in [1.29, 1.82) is 0 Å². The van der Waals surface area contributed by atoms with Crippen molar-refractivity contribution in [3.8, 4) is 0 Å². The number of rotatable bonds is 5. The van der Waals surface area contributed by atoms with E-state index in [1.54, 1.807) is 0 Å². The molecule has 3 rings (SSSR count). The largest absolute Gasteiger partial charge is 0.444 e. The molecule has 3 heterocycles. The zero-order valence-electron chi connectivity index (χ0n) is 13.4. The molecule has 0 aliphatic carbocycles. The highest BCUT2D eigenvalue weighted by Gasteiger charge is 2.21. The van der Waals surface area contributed by atoms with E-state index in [2.05, 4.69) is 19.8 Å². The number of nitrogens with zero attached hydrogens (tertiary/aromatic N) is 5. The molecule has 0 radical (unpaired) electrons. The first kappa shape index (κ1) is 16.1. The zero-order valence-corrected chi connectivity index (χ0v) is 13.4. The van der Waals surface area contributed by atoms with Gasteiger partial charge in [0, 0.05) is 38.6 Å². The minimum absolute atomic E-state index is 0.410. The highest BCUT2D eigenvalue weighted by Crippen LogP contribution is 2.16. The third-order valence-electron chi connectivity index (χ3n) is 4.22. The van der Waals surface area contributed by atoms with Crippen molar-refractivity contribution in [2.45, 2.75) is 33.5 Å². The third kappa shape index (κ3) is 3.76. The third-order valence-corrected chi connectivity index (χ3v) is 4.22. The van der Waals surface area contributed by atoms with Gasteiger partial charge in [-0.15, -0.1) is 0 Å². The van der Waals surface area contributed by atoms with Gasteiger partial charge in [0.25, 0.3) is 0 Å². The molecule has 0 amide bonds. The van der Waals surface area contributed by atoms with Gasteiger partial charge in [-0.05, 0) is 13.8 Å². The summed E-state index contributed by atoms with van der Waals surface area (Å²) in [5.41, 5.74) is 0.928. The predicted molar refractivity (Wildman–Crippen MR) is 80.0 cm³/mol. The molecule has 1 fully saturated rings. The van der Waals surface area contributed by atoms with Crippen molar-refractivity contribution in [3.05, 3.63) is 35.6 Å². The van der Waals surface area contributed by atoms with Crippen LogP contribution in [0.1, 0.15) is 29.7 Å². The molecule has 0 bridgehead atoms. The summed E-state index contributed by atoms with van der Waals surface area (Å²) in [6, 6.07) is 0. The molecule has 0 unspecified atom stereocenters. The van der Waals surface area contributed by atoms with Crippen LogP contribution in [0.3, 0.4) is 0 Å². The van der Waals surface area contributed by atoms with Gasteiger partial charge >= 0.3 is 6.55 Å². The van der Waals surface area contributed by atoms with Gasteiger partial charge in [-0.2, -0.15) is 8.78 Å². The van der Waals surface area contributed by atoms with Gasteiger partial charge in [-0.1, -0.05) is 0 Å². The van der Waals surface area contributed by atoms with Crippen LogP contribution in [0.4, 0.5) is 8.78 Å². The maximum Gasteiger partial charge on any atom is 0.319 e. The molecule has 1 saturated heterocycles. The van der Waals surface area contributed by atoms with Crippen molar-refractivity contribution in [3.63, 3.8) is 0 Å². The first-order valence-electron chi connectivity index (χ1n) is 7.70. The van der Waals surface area contributed by atoms with E-state index in [9.17, 15) is 8.78 Å². The summed E-state index contributed by atoms with van der Waals surface area (Å²) in [5, 5.41) is 0. The van der Waals surface area contributed by atoms with Crippen LogP contribution in [0.5, 0.6) is 0 Å². The SMILES string of the molecule is Cc1nc(CN2CCN(Cc3nccn3C(F)F)CC2)oc1C. The lowest BCUT2D eigenvalue weighted by molar-refractivity contribution is 0.0598. The zero-order chi connectivity index (χ0) is 16.4. The first-order chi connectivity index (χ1) is 11.0. The lowest BCUT2D eigenvalue weighted by atomic mass is 10.3. The Morgan fingerprint density at radius 3 is 2.35 bits per heavy atom. The van der Waals surface area contributed by atoms with Crippen molar-refractivity contribution in [2.75, 3.05) is 26.2 Å². The number of piperazine rings is 1. The lowest BCUT2D eigenvalue weighted by Gasteiger charge is -2.33. The van der Waals surface area contributed by atoms with Gasteiger partial charge in [0.1, 0.15) is 11.6 Å². The van der Waals surface area contributed by atoms with Crippen molar-refractivity contribution in [1.82, 2.24) is 24.3 Å². The number of oxazole rings is 1. The van der Waals surface area contributed by atoms with Crippen LogP contribution >= 0.6 is 0 Å². The Hall–Kier alpha value is -1.80. The Kier molecular flexibility index (Phi) is 4.72. The van der Waals surface area contributed by atoms with Crippen LogP contribution in [-0.2, 0) is 13.1 Å². The van der Waals surface area contributed by atoms with Gasteiger partial charge in [0.05, 0.1) is 18.8 Å². The maximum absolute atomic E-state index is 12.8. The second-order valence-electron chi connectivity index (χ2n) is 5.83. The highest BCUT2D eigenvalue weighted by molar-refractivity contribution is 5.05. The fourth-order valence-corrected chi connectivity index (χ4v) is 2.75. The molecule has 0 saturated carbocycles. The minimum Gasteiger partial charge on any atom is -0.444 e. The van der Waals surface area contributed by atoms with E-state index in [-0.39, 0.29) is 0 Å². The molecule has 0 spiro atoms. The molecule has 126 valence electrons. The molecule has 1 aliphatic heterocycles. The molecule has 23 heavy (non-hydrogen) atoms. The standard InChI is InChI=1S/C15H21F2N5O/c1-11-12(2)23-14(19-11)10-21-7-5-20(6-8-21)9-13-18-3-4-22(13)15(16)17/h3-4,15H,5-10H2,1-2H3. The van der Waals surface area contributed by atoms with E-state index < -0.39 is 6.55 Å². The Labute approximate surface area is 133 Å². The Morgan fingerprint density at radius 1 is 1.13 bits per heavy atom. The van der Waals surface area contributed by atoms with Gasteiger partial charge in [-0.3, -0.25) is 14.4 Å². The van der Waals surface area contributed by atoms with Crippen LogP contribution in [0.25, 0.3) is 0 Å². The maximum atomic E-state index is 12.8. The van der Waals surface area contributed by atoms with E-state index in [1.165, 1.54) is 12.4 Å². The van der Waals surface area contributed by atoms with Crippen LogP contribution in [0, 0.1) is 13.8 Å². The summed E-state index contributed by atoms with van der Waals surface area (Å²) in [6.07, 6.45) is 2.74. The van der Waals surface area contributed by atoms with Crippen molar-refractivity contribution < 1.29 is 13.2 Å². The molecule has 1 aliphatic rings. The summed E-state index contributed by atoms with van der Waals surface area (Å²) in [5.74, 6) is 2.01. The van der Waals surface area contributed by atoms with Crippen LogP contribution in [0.15, 0.2) is 16.8 Å². The summed E-state index contributed by atoms with van der Waals surface area (Å²) in [4.78, 5) is 12.8. The van der Waals surface area contributed by atoms with Crippen LogP contribution in [0.2, 0.25) is 0 Å². The van der Waals surface area contributed by atoms with E-state index in [0.717, 1.165) is 48.1 Å². The molecule has 2 aromatic rings. The normalized spacial score (nSPS) is 17.3. The lowest BCUT2D eigenvalue weighted by Crippen LogP contribution is -2.45. The first-order valence-corrected chi connectivity index (χ1v) is 7.70. The molecule has 0 N–H and O–H groups in total. The fourth-order valence-electron chi connectivity index (χ4n) is 2.75. The van der Waals surface area contributed by atoms with Gasteiger partial charge in [0.15, 0.2) is 0 Å². The number of aromatic nitrogens is 3. The van der Waals surface area contributed by atoms with E-state index in [4.69, 9.17) is 4.42 Å². The molecule has 6 nitrogen and oxygen atoms in total. The molecule has 2 aromatic heterocycles. The van der Waals surface area contributed by atoms with Crippen LogP contribution < -0.4 is 0 Å². The highest BCUT2D eigenvalue weighted by atomic mass is 19.3. The number of hydrogen-bond acceptors (Lipinski definition) is 5. The summed E-state index contributed by atoms with van der Waals surface area (Å²) in [6.45, 7) is 5.79. The summed E-state index contributed by atoms with van der Waals surface area (Å²) < 4.78 is 32.2. The quantitative estimate of drug-likeness (QED) is 0.843. The Balaban J connectivity index is 1.51. The number of hydrogen-bond donors (Lipinski definition) is 0. The van der Waals surface area contributed by atoms with Crippen LogP contribution in [-0.4, -0.2) is 50.5 Å². The average Bonchev–Trinajstić information content (AvgIpc) is 3.08. The monoisotopic (exact) mass is 325 g/mol. The van der Waals surface area contributed by atoms with Crippen molar-refractivity contribution >= 4 is 0 Å². The Bertz CT molecular complexity index is 627. The van der Waals surface area contributed by atoms with Gasteiger partial charge in [-0.25, -0.2) is 9.97 Å². The molecule has 0 aromatic carbocycles. The fraction of sp³-hybridized carbons (Fsp3) is 0.600. The topological polar surface area (TPSA) is 50.3 Å². The summed E-state index contributed by atoms with van der Waals surface area (Å²) >= 11 is 0. The molecule has 8 heteroatoms. The minimum atomic E-state index is -2.54. The number of alkyl halides is 2. The number of imidazole rings is 1. The van der Waals surface area contributed by atoms with Gasteiger partial charge in [0.2, 0.25) is 5.89 Å². The van der Waals surface area contributed by atoms with E-state index >= 15 is 0 Å². The van der Waals surface area contributed by atoms with Gasteiger partial charge < -0.3 is 4.42 Å². The second kappa shape index (κ2) is 6.76. The summed E-state index contributed by atoms with van der Waals surface area (Å²) in [7, 11) is 0. The molecular formula is C15H21F2N5O. The molecule has 0 atom stereocenters.